The summed E-state index contributed by atoms with van der Waals surface area (Å²) in [7, 11) is 3.03. The van der Waals surface area contributed by atoms with Gasteiger partial charge in [-0.15, -0.1) is 11.8 Å². The predicted molar refractivity (Wildman–Crippen MR) is 158 cm³/mol. The standard InChI is InChI=1S/C31H26N2O8S/c1-40-22-14-21(15-23(17-22)41-2)33-29(35)27(18-7-4-3-5-8-18)42-24-10-6-9-20(16-24)32-28(34)25-12-11-19(30(36)37)13-26(25)31(38)39/h3-17,27H,1-2H3,(H,32,34)(H,33,35)(H,36,37)(H,38,39). The number of nitrogens with one attached hydrogen (secondary N) is 2. The zero-order valence-corrected chi connectivity index (χ0v) is 23.3. The minimum absolute atomic E-state index is 0.194. The fourth-order valence-corrected chi connectivity index (χ4v) is 5.11. The van der Waals surface area contributed by atoms with Crippen molar-refractivity contribution >= 4 is 46.9 Å². The molecule has 4 aromatic rings. The minimum atomic E-state index is -1.43. The molecular weight excluding hydrogens is 560 g/mol. The van der Waals surface area contributed by atoms with Crippen LogP contribution in [0.5, 0.6) is 11.5 Å². The van der Waals surface area contributed by atoms with Gasteiger partial charge in [0.15, 0.2) is 0 Å². The van der Waals surface area contributed by atoms with Crippen molar-refractivity contribution in [2.45, 2.75) is 10.1 Å². The smallest absolute Gasteiger partial charge is 0.336 e. The van der Waals surface area contributed by atoms with Crippen molar-refractivity contribution in [3.63, 3.8) is 0 Å². The van der Waals surface area contributed by atoms with E-state index in [1.165, 1.54) is 26.0 Å². The number of amides is 2. The van der Waals surface area contributed by atoms with Gasteiger partial charge in [-0.05, 0) is 42.0 Å². The Labute approximate surface area is 245 Å². The molecular formula is C31H26N2O8S. The van der Waals surface area contributed by atoms with E-state index in [1.54, 1.807) is 42.5 Å². The van der Waals surface area contributed by atoms with Gasteiger partial charge in [0.05, 0.1) is 30.9 Å². The first-order chi connectivity index (χ1) is 20.2. The average molecular weight is 587 g/mol. The van der Waals surface area contributed by atoms with Crippen LogP contribution in [-0.4, -0.2) is 48.2 Å². The molecule has 0 saturated carbocycles. The summed E-state index contributed by atoms with van der Waals surface area (Å²) in [4.78, 5) is 50.1. The lowest BCUT2D eigenvalue weighted by Crippen LogP contribution is -2.19. The largest absolute Gasteiger partial charge is 0.497 e. The molecule has 11 heteroatoms. The Kier molecular flexibility index (Phi) is 9.46. The average Bonchev–Trinajstić information content (AvgIpc) is 2.99. The quantitative estimate of drug-likeness (QED) is 0.159. The third-order valence-corrected chi connectivity index (χ3v) is 7.29. The number of thioether (sulfide) groups is 1. The molecule has 4 N–H and O–H groups in total. The highest BCUT2D eigenvalue weighted by atomic mass is 32.2. The zero-order valence-electron chi connectivity index (χ0n) is 22.5. The van der Waals surface area contributed by atoms with E-state index >= 15 is 0 Å². The number of ether oxygens (including phenoxy) is 2. The second kappa shape index (κ2) is 13.4. The molecule has 0 aliphatic rings. The molecule has 0 bridgehead atoms. The summed E-state index contributed by atoms with van der Waals surface area (Å²) in [6, 6.07) is 24.2. The summed E-state index contributed by atoms with van der Waals surface area (Å²) >= 11 is 1.25. The van der Waals surface area contributed by atoms with Gasteiger partial charge in [-0.1, -0.05) is 36.4 Å². The number of anilines is 2. The summed E-state index contributed by atoms with van der Waals surface area (Å²) in [5.74, 6) is -2.74. The predicted octanol–water partition coefficient (Wildman–Crippen LogP) is 5.82. The van der Waals surface area contributed by atoms with Gasteiger partial charge < -0.3 is 30.3 Å². The first-order valence-corrected chi connectivity index (χ1v) is 13.3. The number of aromatic carboxylic acids is 2. The first-order valence-electron chi connectivity index (χ1n) is 12.5. The molecule has 42 heavy (non-hydrogen) atoms. The molecule has 0 aromatic heterocycles. The third kappa shape index (κ3) is 7.26. The first kappa shape index (κ1) is 29.7. The number of benzene rings is 4. The summed E-state index contributed by atoms with van der Waals surface area (Å²) in [5.41, 5.74) is 0.706. The van der Waals surface area contributed by atoms with Crippen LogP contribution in [0.3, 0.4) is 0 Å². The normalized spacial score (nSPS) is 11.2. The highest BCUT2D eigenvalue weighted by molar-refractivity contribution is 8.00. The van der Waals surface area contributed by atoms with Crippen LogP contribution < -0.4 is 20.1 Å². The van der Waals surface area contributed by atoms with Crippen LogP contribution in [0.4, 0.5) is 11.4 Å². The maximum absolute atomic E-state index is 13.6. The number of carboxylic acid groups (broad SMARTS) is 2. The summed E-state index contributed by atoms with van der Waals surface area (Å²) in [6.45, 7) is 0. The van der Waals surface area contributed by atoms with Gasteiger partial charge in [-0.2, -0.15) is 0 Å². The van der Waals surface area contributed by atoms with Crippen LogP contribution in [0, 0.1) is 0 Å². The molecule has 214 valence electrons. The highest BCUT2D eigenvalue weighted by Crippen LogP contribution is 2.38. The van der Waals surface area contributed by atoms with Crippen molar-refractivity contribution < 1.29 is 38.9 Å². The van der Waals surface area contributed by atoms with Crippen molar-refractivity contribution in [2.75, 3.05) is 24.9 Å². The molecule has 1 unspecified atom stereocenters. The zero-order chi connectivity index (χ0) is 30.2. The Bertz CT molecular complexity index is 1620. The fraction of sp³-hybridized carbons (Fsp3) is 0.0968. The van der Waals surface area contributed by atoms with Crippen molar-refractivity contribution in [1.29, 1.82) is 0 Å². The van der Waals surface area contributed by atoms with E-state index in [-0.39, 0.29) is 17.0 Å². The Morgan fingerprint density at radius 2 is 1.38 bits per heavy atom. The molecule has 4 aromatic carbocycles. The number of carboxylic acids is 2. The van der Waals surface area contributed by atoms with E-state index in [9.17, 15) is 29.4 Å². The summed E-state index contributed by atoms with van der Waals surface area (Å²) in [5, 5.41) is 23.6. The van der Waals surface area contributed by atoms with Gasteiger partial charge in [-0.3, -0.25) is 9.59 Å². The Morgan fingerprint density at radius 1 is 0.690 bits per heavy atom. The number of hydrogen-bond donors (Lipinski definition) is 4. The van der Waals surface area contributed by atoms with E-state index < -0.39 is 28.7 Å². The second-order valence-corrected chi connectivity index (χ2v) is 10.0. The van der Waals surface area contributed by atoms with Gasteiger partial charge in [0, 0.05) is 34.5 Å². The summed E-state index contributed by atoms with van der Waals surface area (Å²) < 4.78 is 10.6. The van der Waals surface area contributed by atoms with Crippen molar-refractivity contribution in [3.8, 4) is 11.5 Å². The Balaban J connectivity index is 1.58. The molecule has 2 amide bonds. The number of carbonyl (C=O) groups excluding carboxylic acids is 2. The van der Waals surface area contributed by atoms with Crippen LogP contribution >= 0.6 is 11.8 Å². The molecule has 1 atom stereocenters. The van der Waals surface area contributed by atoms with Gasteiger partial charge >= 0.3 is 11.9 Å². The SMILES string of the molecule is COc1cc(NC(=O)C(Sc2cccc(NC(=O)c3ccc(C(=O)O)cc3C(=O)O)c2)c2ccccc2)cc(OC)c1. The van der Waals surface area contributed by atoms with Gasteiger partial charge in [-0.25, -0.2) is 9.59 Å². The van der Waals surface area contributed by atoms with Gasteiger partial charge in [0.2, 0.25) is 5.91 Å². The van der Waals surface area contributed by atoms with Gasteiger partial charge in [0.1, 0.15) is 16.7 Å². The second-order valence-electron chi connectivity index (χ2n) is 8.85. The molecule has 0 radical (unpaired) electrons. The number of hydrogen-bond acceptors (Lipinski definition) is 7. The number of carbonyl (C=O) groups is 4. The molecule has 4 rings (SSSR count). The van der Waals surface area contributed by atoms with E-state index in [1.807, 2.05) is 30.3 Å². The van der Waals surface area contributed by atoms with E-state index in [2.05, 4.69) is 10.6 Å². The van der Waals surface area contributed by atoms with Crippen LogP contribution in [0.1, 0.15) is 41.9 Å². The topological polar surface area (TPSA) is 151 Å². The Morgan fingerprint density at radius 3 is 2.00 bits per heavy atom. The highest BCUT2D eigenvalue weighted by Gasteiger charge is 2.24. The molecule has 0 aliphatic heterocycles. The molecule has 0 saturated heterocycles. The van der Waals surface area contributed by atoms with Crippen LogP contribution in [0.2, 0.25) is 0 Å². The van der Waals surface area contributed by atoms with Crippen LogP contribution in [0.25, 0.3) is 0 Å². The number of rotatable bonds is 11. The third-order valence-electron chi connectivity index (χ3n) is 6.05. The lowest BCUT2D eigenvalue weighted by molar-refractivity contribution is -0.115. The molecule has 0 spiro atoms. The van der Waals surface area contributed by atoms with Crippen molar-refractivity contribution in [3.05, 3.63) is 113 Å². The van der Waals surface area contributed by atoms with Crippen molar-refractivity contribution in [2.24, 2.45) is 0 Å². The molecule has 0 heterocycles. The van der Waals surface area contributed by atoms with Crippen LogP contribution in [0.15, 0.2) is 95.9 Å². The molecule has 10 nitrogen and oxygen atoms in total. The fourth-order valence-electron chi connectivity index (χ4n) is 4.02. The lowest BCUT2D eigenvalue weighted by Gasteiger charge is -2.18. The van der Waals surface area contributed by atoms with Crippen molar-refractivity contribution in [1.82, 2.24) is 0 Å². The van der Waals surface area contributed by atoms with E-state index in [0.717, 1.165) is 23.8 Å². The maximum Gasteiger partial charge on any atom is 0.336 e. The van der Waals surface area contributed by atoms with E-state index in [0.29, 0.717) is 27.8 Å². The summed E-state index contributed by atoms with van der Waals surface area (Å²) in [6.07, 6.45) is 0. The van der Waals surface area contributed by atoms with Crippen LogP contribution in [-0.2, 0) is 4.79 Å². The number of methoxy groups -OCH3 is 2. The lowest BCUT2D eigenvalue weighted by atomic mass is 10.0. The molecule has 0 aliphatic carbocycles. The maximum atomic E-state index is 13.6. The monoisotopic (exact) mass is 586 g/mol. The Hall–Kier alpha value is -5.29. The minimum Gasteiger partial charge on any atom is -0.497 e. The molecule has 0 fully saturated rings. The van der Waals surface area contributed by atoms with E-state index in [4.69, 9.17) is 9.47 Å². The van der Waals surface area contributed by atoms with Gasteiger partial charge in [0.25, 0.3) is 5.91 Å².